The van der Waals surface area contributed by atoms with Gasteiger partial charge in [-0.2, -0.15) is 0 Å². The molecule has 4 rings (SSSR count). The van der Waals surface area contributed by atoms with Crippen LogP contribution in [0.5, 0.6) is 0 Å². The van der Waals surface area contributed by atoms with Crippen molar-refractivity contribution in [2.24, 2.45) is 11.8 Å². The standard InChI is InChI=1S/C15H17N3O/c16-15-12(9-4-3-7-17-8-9)14(18-19-15)13-10-5-1-2-6-11(10)13/h3-4,7-8,10-11,13H,1-2,5-6,16H2. The molecule has 0 spiro atoms. The van der Waals surface area contributed by atoms with Crippen molar-refractivity contribution in [2.75, 3.05) is 5.73 Å². The number of nitrogens with two attached hydrogens (primary N) is 1. The summed E-state index contributed by atoms with van der Waals surface area (Å²) in [5.41, 5.74) is 9.01. The summed E-state index contributed by atoms with van der Waals surface area (Å²) in [6.07, 6.45) is 8.96. The van der Waals surface area contributed by atoms with Gasteiger partial charge < -0.3 is 10.3 Å². The first-order valence-corrected chi connectivity index (χ1v) is 7.01. The molecule has 0 radical (unpaired) electrons. The average Bonchev–Trinajstić information content (AvgIpc) is 3.07. The zero-order chi connectivity index (χ0) is 12.8. The molecule has 4 heteroatoms. The highest BCUT2D eigenvalue weighted by Gasteiger charge is 2.53. The average molecular weight is 255 g/mol. The van der Waals surface area contributed by atoms with Gasteiger partial charge in [-0.25, -0.2) is 0 Å². The van der Waals surface area contributed by atoms with Gasteiger partial charge in [0.25, 0.3) is 0 Å². The van der Waals surface area contributed by atoms with Gasteiger partial charge in [0.15, 0.2) is 0 Å². The molecular weight excluding hydrogens is 238 g/mol. The third kappa shape index (κ3) is 1.66. The summed E-state index contributed by atoms with van der Waals surface area (Å²) in [5, 5.41) is 4.25. The maximum absolute atomic E-state index is 5.97. The Hall–Kier alpha value is -1.84. The van der Waals surface area contributed by atoms with Crippen LogP contribution in [0.1, 0.15) is 37.3 Å². The predicted molar refractivity (Wildman–Crippen MR) is 72.3 cm³/mol. The van der Waals surface area contributed by atoms with Crippen molar-refractivity contribution in [3.63, 3.8) is 0 Å². The van der Waals surface area contributed by atoms with Crippen LogP contribution in [-0.4, -0.2) is 10.1 Å². The summed E-state index contributed by atoms with van der Waals surface area (Å²) in [4.78, 5) is 4.17. The number of hydrogen-bond donors (Lipinski definition) is 1. The van der Waals surface area contributed by atoms with E-state index in [-0.39, 0.29) is 0 Å². The van der Waals surface area contributed by atoms with E-state index in [4.69, 9.17) is 10.3 Å². The third-order valence-electron chi connectivity index (χ3n) is 4.67. The number of pyridine rings is 1. The number of rotatable bonds is 2. The topological polar surface area (TPSA) is 64.9 Å². The Kier molecular flexibility index (Phi) is 2.37. The van der Waals surface area contributed by atoms with Crippen LogP contribution in [0.25, 0.3) is 11.1 Å². The fourth-order valence-electron chi connectivity index (χ4n) is 3.74. The van der Waals surface area contributed by atoms with E-state index in [0.717, 1.165) is 28.7 Å². The van der Waals surface area contributed by atoms with E-state index in [2.05, 4.69) is 10.1 Å². The molecule has 0 aromatic carbocycles. The van der Waals surface area contributed by atoms with Gasteiger partial charge in [-0.15, -0.1) is 0 Å². The first kappa shape index (κ1) is 11.0. The van der Waals surface area contributed by atoms with Gasteiger partial charge in [-0.05, 0) is 30.7 Å². The van der Waals surface area contributed by atoms with Gasteiger partial charge in [0.05, 0.1) is 11.3 Å². The van der Waals surface area contributed by atoms with Crippen LogP contribution in [0.2, 0.25) is 0 Å². The largest absolute Gasteiger partial charge is 0.367 e. The molecule has 0 aliphatic heterocycles. The minimum absolute atomic E-state index is 0.423. The molecule has 2 aliphatic carbocycles. The summed E-state index contributed by atoms with van der Waals surface area (Å²) in [6, 6.07) is 3.94. The summed E-state index contributed by atoms with van der Waals surface area (Å²) in [5.74, 6) is 2.58. The third-order valence-corrected chi connectivity index (χ3v) is 4.67. The SMILES string of the molecule is Nc1onc(C2C3CCCCC32)c1-c1cccnc1. The Morgan fingerprint density at radius 1 is 1.21 bits per heavy atom. The lowest BCUT2D eigenvalue weighted by atomic mass is 10.0. The molecule has 2 aliphatic rings. The molecule has 0 saturated heterocycles. The molecule has 2 aromatic heterocycles. The van der Waals surface area contributed by atoms with E-state index < -0.39 is 0 Å². The van der Waals surface area contributed by atoms with Gasteiger partial charge in [0.2, 0.25) is 5.88 Å². The zero-order valence-electron chi connectivity index (χ0n) is 10.7. The van der Waals surface area contributed by atoms with Crippen LogP contribution < -0.4 is 5.73 Å². The molecule has 4 nitrogen and oxygen atoms in total. The summed E-state index contributed by atoms with van der Waals surface area (Å²) in [6.45, 7) is 0. The number of fused-ring (bicyclic) bond motifs is 1. The molecular formula is C15H17N3O. The van der Waals surface area contributed by atoms with Crippen molar-refractivity contribution in [1.29, 1.82) is 0 Å². The molecule has 0 bridgehead atoms. The maximum atomic E-state index is 5.97. The van der Waals surface area contributed by atoms with Gasteiger partial charge in [0, 0.05) is 23.9 Å². The number of nitrogen functional groups attached to an aromatic ring is 1. The van der Waals surface area contributed by atoms with Crippen LogP contribution >= 0.6 is 0 Å². The first-order chi connectivity index (χ1) is 9.36. The number of aromatic nitrogens is 2. The smallest absolute Gasteiger partial charge is 0.230 e. The van der Waals surface area contributed by atoms with Crippen LogP contribution in [-0.2, 0) is 0 Å². The Morgan fingerprint density at radius 2 is 2.00 bits per heavy atom. The van der Waals surface area contributed by atoms with E-state index >= 15 is 0 Å². The van der Waals surface area contributed by atoms with Gasteiger partial charge >= 0.3 is 0 Å². The Bertz CT molecular complexity index is 581. The monoisotopic (exact) mass is 255 g/mol. The van der Waals surface area contributed by atoms with E-state index in [9.17, 15) is 0 Å². The Balaban J connectivity index is 1.75. The van der Waals surface area contributed by atoms with Crippen molar-refractivity contribution in [3.05, 3.63) is 30.2 Å². The number of nitrogens with zero attached hydrogens (tertiary/aromatic N) is 2. The van der Waals surface area contributed by atoms with E-state index in [1.807, 2.05) is 18.3 Å². The van der Waals surface area contributed by atoms with Crippen LogP contribution in [0.15, 0.2) is 29.0 Å². The normalized spacial score (nSPS) is 28.9. The summed E-state index contributed by atoms with van der Waals surface area (Å²) < 4.78 is 5.26. The highest BCUT2D eigenvalue weighted by molar-refractivity contribution is 5.75. The lowest BCUT2D eigenvalue weighted by Crippen LogP contribution is -1.91. The summed E-state index contributed by atoms with van der Waals surface area (Å²) in [7, 11) is 0. The highest BCUT2D eigenvalue weighted by Crippen LogP contribution is 2.62. The predicted octanol–water partition coefficient (Wildman–Crippen LogP) is 3.22. The first-order valence-electron chi connectivity index (χ1n) is 7.01. The molecule has 2 N–H and O–H groups in total. The van der Waals surface area contributed by atoms with Crippen molar-refractivity contribution in [2.45, 2.75) is 31.6 Å². The van der Waals surface area contributed by atoms with E-state index in [1.54, 1.807) is 6.20 Å². The second kappa shape index (κ2) is 4.08. The van der Waals surface area contributed by atoms with Crippen LogP contribution in [0.4, 0.5) is 5.88 Å². The molecule has 2 fully saturated rings. The van der Waals surface area contributed by atoms with Crippen molar-refractivity contribution < 1.29 is 4.52 Å². The minimum atomic E-state index is 0.423. The quantitative estimate of drug-likeness (QED) is 0.894. The van der Waals surface area contributed by atoms with E-state index in [0.29, 0.717) is 11.8 Å². The number of hydrogen-bond acceptors (Lipinski definition) is 4. The Labute approximate surface area is 112 Å². The van der Waals surface area contributed by atoms with Gasteiger partial charge in [-0.3, -0.25) is 4.98 Å². The lowest BCUT2D eigenvalue weighted by molar-refractivity contribution is 0.426. The van der Waals surface area contributed by atoms with Crippen LogP contribution in [0.3, 0.4) is 0 Å². The fourth-order valence-corrected chi connectivity index (χ4v) is 3.74. The second-order valence-corrected chi connectivity index (χ2v) is 5.69. The molecule has 2 saturated carbocycles. The molecule has 2 heterocycles. The molecule has 2 atom stereocenters. The second-order valence-electron chi connectivity index (χ2n) is 5.69. The molecule has 2 unspecified atom stereocenters. The Morgan fingerprint density at radius 3 is 2.68 bits per heavy atom. The summed E-state index contributed by atoms with van der Waals surface area (Å²) >= 11 is 0. The molecule has 0 amide bonds. The lowest BCUT2D eigenvalue weighted by Gasteiger charge is -2.04. The van der Waals surface area contributed by atoms with Crippen LogP contribution in [0, 0.1) is 11.8 Å². The molecule has 2 aromatic rings. The van der Waals surface area contributed by atoms with Crippen molar-refractivity contribution in [1.82, 2.24) is 10.1 Å². The maximum Gasteiger partial charge on any atom is 0.230 e. The van der Waals surface area contributed by atoms with E-state index in [1.165, 1.54) is 25.7 Å². The zero-order valence-corrected chi connectivity index (χ0v) is 10.7. The minimum Gasteiger partial charge on any atom is -0.367 e. The van der Waals surface area contributed by atoms with Gasteiger partial charge in [0.1, 0.15) is 0 Å². The fraction of sp³-hybridized carbons (Fsp3) is 0.467. The highest BCUT2D eigenvalue weighted by atomic mass is 16.5. The van der Waals surface area contributed by atoms with Crippen molar-refractivity contribution >= 4 is 5.88 Å². The van der Waals surface area contributed by atoms with Crippen molar-refractivity contribution in [3.8, 4) is 11.1 Å². The molecule has 98 valence electrons. The number of anilines is 1. The van der Waals surface area contributed by atoms with Gasteiger partial charge in [-0.1, -0.05) is 24.1 Å². The molecule has 19 heavy (non-hydrogen) atoms.